The van der Waals surface area contributed by atoms with Crippen LogP contribution in [0, 0.1) is 15.9 Å². The highest BCUT2D eigenvalue weighted by Crippen LogP contribution is 2.30. The summed E-state index contributed by atoms with van der Waals surface area (Å²) < 4.78 is 13.5. The maximum atomic E-state index is 13.5. The van der Waals surface area contributed by atoms with Gasteiger partial charge in [-0.3, -0.25) is 10.1 Å². The molecule has 0 radical (unpaired) electrons. The number of hydrogen-bond acceptors (Lipinski definition) is 5. The summed E-state index contributed by atoms with van der Waals surface area (Å²) in [5, 5.41) is 32.4. The van der Waals surface area contributed by atoms with Crippen LogP contribution in [0.3, 0.4) is 0 Å². The van der Waals surface area contributed by atoms with Gasteiger partial charge in [-0.15, -0.1) is 0 Å². The molecule has 0 bridgehead atoms. The third-order valence-corrected chi connectivity index (χ3v) is 3.01. The summed E-state index contributed by atoms with van der Waals surface area (Å²) in [7, 11) is 0. The maximum absolute atomic E-state index is 13.5. The Hall–Kier alpha value is -2.83. The number of nitro benzene ring substituents is 1. The molecule has 2 aromatic rings. The van der Waals surface area contributed by atoms with Crippen LogP contribution < -0.4 is 5.32 Å². The lowest BCUT2D eigenvalue weighted by atomic mass is 10.1. The van der Waals surface area contributed by atoms with E-state index in [0.717, 1.165) is 12.1 Å². The second-order valence-corrected chi connectivity index (χ2v) is 4.53. The third-order valence-electron chi connectivity index (χ3n) is 3.01. The van der Waals surface area contributed by atoms with Gasteiger partial charge in [0.15, 0.2) is 0 Å². The molecule has 0 amide bonds. The summed E-state index contributed by atoms with van der Waals surface area (Å²) in [6.45, 7) is 1.73. The van der Waals surface area contributed by atoms with E-state index in [0.29, 0.717) is 11.3 Å². The summed E-state index contributed by atoms with van der Waals surface area (Å²) in [4.78, 5) is 9.74. The molecule has 0 heterocycles. The van der Waals surface area contributed by atoms with E-state index in [1.165, 1.54) is 24.3 Å². The fourth-order valence-electron chi connectivity index (χ4n) is 1.97. The molecule has 6 nitrogen and oxygen atoms in total. The normalized spacial score (nSPS) is 11.9. The van der Waals surface area contributed by atoms with Crippen LogP contribution in [0.2, 0.25) is 0 Å². The first kappa shape index (κ1) is 14.6. The lowest BCUT2D eigenvalue weighted by Crippen LogP contribution is -2.07. The first-order chi connectivity index (χ1) is 9.88. The minimum atomic E-state index is -0.938. The van der Waals surface area contributed by atoms with Crippen molar-refractivity contribution in [3.05, 3.63) is 57.9 Å². The molecular weight excluding hydrogens is 279 g/mol. The third kappa shape index (κ3) is 3.19. The quantitative estimate of drug-likeness (QED) is 0.593. The monoisotopic (exact) mass is 292 g/mol. The lowest BCUT2D eigenvalue weighted by Gasteiger charge is -2.17. The van der Waals surface area contributed by atoms with Crippen LogP contribution in [0.25, 0.3) is 0 Å². The van der Waals surface area contributed by atoms with E-state index in [1.54, 1.807) is 6.92 Å². The Balaban J connectivity index is 2.21. The van der Waals surface area contributed by atoms with Crippen molar-refractivity contribution in [3.63, 3.8) is 0 Å². The Morgan fingerprint density at radius 2 is 1.95 bits per heavy atom. The van der Waals surface area contributed by atoms with Crippen LogP contribution in [0.4, 0.5) is 15.8 Å². The van der Waals surface area contributed by atoms with E-state index < -0.39 is 16.4 Å². The van der Waals surface area contributed by atoms with Gasteiger partial charge in [0.05, 0.1) is 11.0 Å². The molecule has 0 spiro atoms. The Bertz CT molecular complexity index is 691. The SMILES string of the molecule is CC(Nc1ccc([N+](=O)[O-])c(F)c1)c1ccc(O)cc1O. The average molecular weight is 292 g/mol. The molecule has 110 valence electrons. The van der Waals surface area contributed by atoms with Crippen LogP contribution in [-0.4, -0.2) is 15.1 Å². The van der Waals surface area contributed by atoms with Gasteiger partial charge in [-0.1, -0.05) is 0 Å². The summed E-state index contributed by atoms with van der Waals surface area (Å²) >= 11 is 0. The second-order valence-electron chi connectivity index (χ2n) is 4.53. The number of aromatic hydroxyl groups is 2. The van der Waals surface area contributed by atoms with Crippen molar-refractivity contribution in [3.8, 4) is 11.5 Å². The highest BCUT2D eigenvalue weighted by atomic mass is 19.1. The number of phenolic OH excluding ortho intramolecular Hbond substituents is 2. The highest BCUT2D eigenvalue weighted by molar-refractivity contribution is 5.52. The molecule has 0 saturated heterocycles. The molecule has 0 saturated carbocycles. The zero-order chi connectivity index (χ0) is 15.6. The van der Waals surface area contributed by atoms with E-state index in [-0.39, 0.29) is 17.5 Å². The Morgan fingerprint density at radius 3 is 2.52 bits per heavy atom. The molecule has 2 rings (SSSR count). The first-order valence-electron chi connectivity index (χ1n) is 6.11. The number of nitrogens with one attached hydrogen (secondary N) is 1. The molecule has 0 aliphatic heterocycles. The van der Waals surface area contributed by atoms with Gasteiger partial charge in [-0.05, 0) is 25.1 Å². The average Bonchev–Trinajstić information content (AvgIpc) is 2.37. The molecular formula is C14H13FN2O4. The van der Waals surface area contributed by atoms with Gasteiger partial charge in [0, 0.05) is 29.4 Å². The first-order valence-corrected chi connectivity index (χ1v) is 6.11. The molecule has 0 aliphatic rings. The molecule has 2 aromatic carbocycles. The lowest BCUT2D eigenvalue weighted by molar-refractivity contribution is -0.387. The van der Waals surface area contributed by atoms with Crippen LogP contribution in [0.1, 0.15) is 18.5 Å². The van der Waals surface area contributed by atoms with Gasteiger partial charge in [0.2, 0.25) is 5.82 Å². The molecule has 21 heavy (non-hydrogen) atoms. The summed E-state index contributed by atoms with van der Waals surface area (Å²) in [6.07, 6.45) is 0. The van der Waals surface area contributed by atoms with Gasteiger partial charge < -0.3 is 15.5 Å². The molecule has 7 heteroatoms. The maximum Gasteiger partial charge on any atom is 0.304 e. The van der Waals surface area contributed by atoms with Crippen molar-refractivity contribution in [1.82, 2.24) is 0 Å². The Kier molecular flexibility index (Phi) is 3.93. The van der Waals surface area contributed by atoms with Crippen LogP contribution in [0.15, 0.2) is 36.4 Å². The number of anilines is 1. The van der Waals surface area contributed by atoms with Crippen molar-refractivity contribution >= 4 is 11.4 Å². The van der Waals surface area contributed by atoms with E-state index in [2.05, 4.69) is 5.32 Å². The predicted molar refractivity (Wildman–Crippen MR) is 74.9 cm³/mol. The van der Waals surface area contributed by atoms with Crippen LogP contribution >= 0.6 is 0 Å². The Morgan fingerprint density at radius 1 is 1.24 bits per heavy atom. The van der Waals surface area contributed by atoms with Crippen LogP contribution in [-0.2, 0) is 0 Å². The van der Waals surface area contributed by atoms with Crippen molar-refractivity contribution in [2.45, 2.75) is 13.0 Å². The number of rotatable bonds is 4. The highest BCUT2D eigenvalue weighted by Gasteiger charge is 2.16. The molecule has 1 unspecified atom stereocenters. The predicted octanol–water partition coefficient (Wildman–Crippen LogP) is 3.32. The van der Waals surface area contributed by atoms with Gasteiger partial charge in [-0.25, -0.2) is 0 Å². The summed E-state index contributed by atoms with van der Waals surface area (Å²) in [5.41, 5.74) is 0.255. The molecule has 3 N–H and O–H groups in total. The van der Waals surface area contributed by atoms with Crippen molar-refractivity contribution < 1.29 is 19.5 Å². The van der Waals surface area contributed by atoms with Crippen LogP contribution in [0.5, 0.6) is 11.5 Å². The minimum Gasteiger partial charge on any atom is -0.508 e. The largest absolute Gasteiger partial charge is 0.508 e. The van der Waals surface area contributed by atoms with E-state index in [9.17, 15) is 24.7 Å². The van der Waals surface area contributed by atoms with Crippen molar-refractivity contribution in [1.29, 1.82) is 0 Å². The Labute approximate surface area is 119 Å². The number of phenols is 2. The number of nitrogens with zero attached hydrogens (tertiary/aromatic N) is 1. The topological polar surface area (TPSA) is 95.6 Å². The fraction of sp³-hybridized carbons (Fsp3) is 0.143. The number of nitro groups is 1. The van der Waals surface area contributed by atoms with Gasteiger partial charge in [0.1, 0.15) is 11.5 Å². The standard InChI is InChI=1S/C14H13FN2O4/c1-8(11-4-3-10(18)7-14(11)19)16-9-2-5-13(17(20)21)12(15)6-9/h2-8,16,18-19H,1H3. The zero-order valence-corrected chi connectivity index (χ0v) is 11.1. The van der Waals surface area contributed by atoms with Gasteiger partial charge >= 0.3 is 5.69 Å². The molecule has 1 atom stereocenters. The second kappa shape index (κ2) is 5.66. The van der Waals surface area contributed by atoms with Gasteiger partial charge in [0.25, 0.3) is 0 Å². The number of benzene rings is 2. The smallest absolute Gasteiger partial charge is 0.304 e. The molecule has 0 fully saturated rings. The molecule has 0 aliphatic carbocycles. The fourth-order valence-corrected chi connectivity index (χ4v) is 1.97. The van der Waals surface area contributed by atoms with E-state index >= 15 is 0 Å². The van der Waals surface area contributed by atoms with Gasteiger partial charge in [-0.2, -0.15) is 4.39 Å². The molecule has 0 aromatic heterocycles. The number of halogens is 1. The van der Waals surface area contributed by atoms with E-state index in [1.807, 2.05) is 0 Å². The van der Waals surface area contributed by atoms with Crippen molar-refractivity contribution in [2.75, 3.05) is 5.32 Å². The summed E-state index contributed by atoms with van der Waals surface area (Å²) in [5.74, 6) is -1.10. The minimum absolute atomic E-state index is 0.0650. The zero-order valence-electron chi connectivity index (χ0n) is 11.1. The van der Waals surface area contributed by atoms with E-state index in [4.69, 9.17) is 0 Å². The number of hydrogen-bond donors (Lipinski definition) is 3. The summed E-state index contributed by atoms with van der Waals surface area (Å²) in [6, 6.07) is 7.24. The van der Waals surface area contributed by atoms with Crippen molar-refractivity contribution in [2.24, 2.45) is 0 Å².